The number of carbonyl (C=O) groups is 1. The molecule has 0 aliphatic rings. The highest BCUT2D eigenvalue weighted by atomic mass is 16.4. The molecule has 1 N–H and O–H groups in total. The van der Waals surface area contributed by atoms with E-state index >= 15 is 0 Å². The van der Waals surface area contributed by atoms with Crippen LogP contribution < -0.4 is 0 Å². The van der Waals surface area contributed by atoms with Gasteiger partial charge in [-0.3, -0.25) is 0 Å². The van der Waals surface area contributed by atoms with Crippen LogP contribution in [-0.4, -0.2) is 16.1 Å². The molecular formula is C14H21NO2. The van der Waals surface area contributed by atoms with Gasteiger partial charge in [-0.1, -0.05) is 39.0 Å². The Morgan fingerprint density at radius 1 is 1.24 bits per heavy atom. The van der Waals surface area contributed by atoms with E-state index in [1.807, 2.05) is 6.07 Å². The van der Waals surface area contributed by atoms with Gasteiger partial charge in [-0.2, -0.15) is 0 Å². The van der Waals surface area contributed by atoms with E-state index in [-0.39, 0.29) is 5.69 Å². The number of carboxylic acid groups (broad SMARTS) is 1. The van der Waals surface area contributed by atoms with Crippen molar-refractivity contribution in [2.24, 2.45) is 0 Å². The van der Waals surface area contributed by atoms with Crippen LogP contribution in [-0.2, 0) is 6.42 Å². The van der Waals surface area contributed by atoms with E-state index in [0.717, 1.165) is 18.4 Å². The van der Waals surface area contributed by atoms with E-state index in [1.54, 1.807) is 12.3 Å². The lowest BCUT2D eigenvalue weighted by Gasteiger charge is -2.02. The molecule has 3 nitrogen and oxygen atoms in total. The highest BCUT2D eigenvalue weighted by Gasteiger charge is 2.04. The largest absolute Gasteiger partial charge is 0.477 e. The molecule has 1 rings (SSSR count). The van der Waals surface area contributed by atoms with Gasteiger partial charge in [-0.05, 0) is 30.5 Å². The van der Waals surface area contributed by atoms with Gasteiger partial charge in [0.1, 0.15) is 5.69 Å². The van der Waals surface area contributed by atoms with Gasteiger partial charge in [-0.15, -0.1) is 0 Å². The Morgan fingerprint density at radius 3 is 2.65 bits per heavy atom. The summed E-state index contributed by atoms with van der Waals surface area (Å²) in [5.74, 6) is -0.949. The van der Waals surface area contributed by atoms with E-state index in [0.29, 0.717) is 0 Å². The van der Waals surface area contributed by atoms with E-state index in [1.165, 1.54) is 32.1 Å². The van der Waals surface area contributed by atoms with Crippen molar-refractivity contribution in [2.75, 3.05) is 0 Å². The molecule has 0 aliphatic carbocycles. The molecule has 0 saturated heterocycles. The number of aromatic nitrogens is 1. The Morgan fingerprint density at radius 2 is 1.94 bits per heavy atom. The summed E-state index contributed by atoms with van der Waals surface area (Å²) in [4.78, 5) is 14.5. The molecule has 0 aliphatic heterocycles. The fourth-order valence-electron chi connectivity index (χ4n) is 1.86. The summed E-state index contributed by atoms with van der Waals surface area (Å²) in [6, 6.07) is 3.58. The van der Waals surface area contributed by atoms with Crippen LogP contribution in [0.1, 0.15) is 61.5 Å². The average molecular weight is 235 g/mol. The standard InChI is InChI=1S/C14H21NO2/c1-2-3-4-5-6-7-8-12-9-10-15-13(11-12)14(16)17/h9-11H,2-8H2,1H3,(H,16,17). The topological polar surface area (TPSA) is 50.2 Å². The molecule has 0 saturated carbocycles. The highest BCUT2D eigenvalue weighted by molar-refractivity contribution is 5.85. The van der Waals surface area contributed by atoms with Crippen LogP contribution in [0.3, 0.4) is 0 Å². The SMILES string of the molecule is CCCCCCCCc1ccnc(C(=O)O)c1. The Balaban J connectivity index is 2.27. The van der Waals surface area contributed by atoms with Gasteiger partial charge in [0.2, 0.25) is 0 Å². The Bertz CT molecular complexity index is 350. The first-order chi connectivity index (χ1) is 8.24. The Kier molecular flexibility index (Phi) is 6.30. The van der Waals surface area contributed by atoms with Crippen molar-refractivity contribution in [1.82, 2.24) is 4.98 Å². The minimum Gasteiger partial charge on any atom is -0.477 e. The van der Waals surface area contributed by atoms with Crippen LogP contribution in [0, 0.1) is 0 Å². The third-order valence-corrected chi connectivity index (χ3v) is 2.86. The minimum atomic E-state index is -0.949. The second kappa shape index (κ2) is 7.82. The molecule has 94 valence electrons. The Hall–Kier alpha value is -1.38. The maximum absolute atomic E-state index is 10.7. The van der Waals surface area contributed by atoms with Crippen LogP contribution in [0.5, 0.6) is 0 Å². The molecule has 17 heavy (non-hydrogen) atoms. The summed E-state index contributed by atoms with van der Waals surface area (Å²) in [5.41, 5.74) is 1.22. The van der Waals surface area contributed by atoms with Gasteiger partial charge in [-0.25, -0.2) is 9.78 Å². The fraction of sp³-hybridized carbons (Fsp3) is 0.571. The van der Waals surface area contributed by atoms with Gasteiger partial charge in [0.15, 0.2) is 0 Å². The molecule has 0 fully saturated rings. The number of aryl methyl sites for hydroxylation is 1. The lowest BCUT2D eigenvalue weighted by molar-refractivity contribution is 0.0690. The molecule has 0 amide bonds. The molecule has 0 aromatic carbocycles. The number of hydrogen-bond donors (Lipinski definition) is 1. The zero-order chi connectivity index (χ0) is 12.5. The first-order valence-corrected chi connectivity index (χ1v) is 6.42. The van der Waals surface area contributed by atoms with E-state index in [2.05, 4.69) is 11.9 Å². The lowest BCUT2D eigenvalue weighted by atomic mass is 10.1. The van der Waals surface area contributed by atoms with Crippen molar-refractivity contribution in [3.05, 3.63) is 29.6 Å². The van der Waals surface area contributed by atoms with Crippen molar-refractivity contribution in [2.45, 2.75) is 51.9 Å². The molecule has 0 unspecified atom stereocenters. The number of aromatic carboxylic acids is 1. The quantitative estimate of drug-likeness (QED) is 0.699. The van der Waals surface area contributed by atoms with E-state index < -0.39 is 5.97 Å². The molecule has 0 bridgehead atoms. The number of carboxylic acids is 1. The number of unbranched alkanes of at least 4 members (excludes halogenated alkanes) is 5. The predicted octanol–water partition coefficient (Wildman–Crippen LogP) is 3.68. The Labute approximate surface area is 103 Å². The lowest BCUT2D eigenvalue weighted by Crippen LogP contribution is -2.00. The van der Waals surface area contributed by atoms with Crippen LogP contribution in [0.25, 0.3) is 0 Å². The zero-order valence-corrected chi connectivity index (χ0v) is 10.5. The minimum absolute atomic E-state index is 0.147. The van der Waals surface area contributed by atoms with Crippen molar-refractivity contribution in [1.29, 1.82) is 0 Å². The van der Waals surface area contributed by atoms with E-state index in [4.69, 9.17) is 5.11 Å². The number of pyridine rings is 1. The van der Waals surface area contributed by atoms with Gasteiger partial charge in [0, 0.05) is 6.20 Å². The normalized spacial score (nSPS) is 10.4. The zero-order valence-electron chi connectivity index (χ0n) is 10.5. The molecule has 0 atom stereocenters. The average Bonchev–Trinajstić information content (AvgIpc) is 2.34. The monoisotopic (exact) mass is 235 g/mol. The molecular weight excluding hydrogens is 214 g/mol. The molecule has 1 aromatic rings. The van der Waals surface area contributed by atoms with Gasteiger partial charge < -0.3 is 5.11 Å². The van der Waals surface area contributed by atoms with Crippen LogP contribution in [0.15, 0.2) is 18.3 Å². The van der Waals surface area contributed by atoms with Crippen LogP contribution in [0.4, 0.5) is 0 Å². The molecule has 1 aromatic heterocycles. The van der Waals surface area contributed by atoms with Gasteiger partial charge >= 0.3 is 5.97 Å². The highest BCUT2D eigenvalue weighted by Crippen LogP contribution is 2.10. The van der Waals surface area contributed by atoms with Gasteiger partial charge in [0.05, 0.1) is 0 Å². The first-order valence-electron chi connectivity index (χ1n) is 6.42. The van der Waals surface area contributed by atoms with Crippen molar-refractivity contribution < 1.29 is 9.90 Å². The van der Waals surface area contributed by atoms with E-state index in [9.17, 15) is 4.79 Å². The third kappa shape index (κ3) is 5.48. The molecule has 1 heterocycles. The van der Waals surface area contributed by atoms with Crippen molar-refractivity contribution >= 4 is 5.97 Å². The summed E-state index contributed by atoms with van der Waals surface area (Å²) in [7, 11) is 0. The maximum atomic E-state index is 10.7. The maximum Gasteiger partial charge on any atom is 0.354 e. The van der Waals surface area contributed by atoms with Crippen molar-refractivity contribution in [3.8, 4) is 0 Å². The second-order valence-corrected chi connectivity index (χ2v) is 4.37. The summed E-state index contributed by atoms with van der Waals surface area (Å²) >= 11 is 0. The first kappa shape index (κ1) is 13.7. The number of nitrogens with zero attached hydrogens (tertiary/aromatic N) is 1. The van der Waals surface area contributed by atoms with Crippen LogP contribution >= 0.6 is 0 Å². The molecule has 0 spiro atoms. The number of rotatable bonds is 8. The number of hydrogen-bond acceptors (Lipinski definition) is 2. The van der Waals surface area contributed by atoms with Crippen molar-refractivity contribution in [3.63, 3.8) is 0 Å². The summed E-state index contributed by atoms with van der Waals surface area (Å²) in [6.07, 6.45) is 10.1. The summed E-state index contributed by atoms with van der Waals surface area (Å²) in [6.45, 7) is 2.21. The predicted molar refractivity (Wildman–Crippen MR) is 68.3 cm³/mol. The summed E-state index contributed by atoms with van der Waals surface area (Å²) in [5, 5.41) is 8.82. The second-order valence-electron chi connectivity index (χ2n) is 4.37. The van der Waals surface area contributed by atoms with Crippen LogP contribution in [0.2, 0.25) is 0 Å². The molecule has 3 heteroatoms. The summed E-state index contributed by atoms with van der Waals surface area (Å²) < 4.78 is 0. The smallest absolute Gasteiger partial charge is 0.354 e. The fourth-order valence-corrected chi connectivity index (χ4v) is 1.86. The molecule has 0 radical (unpaired) electrons. The van der Waals surface area contributed by atoms with Gasteiger partial charge in [0.25, 0.3) is 0 Å². The third-order valence-electron chi connectivity index (χ3n) is 2.86.